The first-order valence-electron chi connectivity index (χ1n) is 0.183. The Kier molecular flexibility index (Phi) is 123000. The molecule has 0 spiro atoms. The van der Waals surface area contributed by atoms with E-state index in [0.29, 0.717) is 0 Å². The predicted molar refractivity (Wildman–Crippen MR) is 31.7 cm³/mol. The normalized spacial score (nSPS) is 0.400. The molecule has 0 aromatic rings. The molecule has 7 nitrogen and oxygen atoms in total. The van der Waals surface area contributed by atoms with E-state index in [4.69, 9.17) is 10.5 Å². The van der Waals surface area contributed by atoms with E-state index in [1.807, 2.05) is 0 Å². The van der Waals surface area contributed by atoms with Crippen molar-refractivity contribution in [1.29, 1.82) is 0 Å². The first-order valence-corrected chi connectivity index (χ1v) is 0.183. The van der Waals surface area contributed by atoms with Gasteiger partial charge in [-0.2, -0.15) is 0 Å². The molecule has 0 fully saturated rings. The van der Waals surface area contributed by atoms with Crippen molar-refractivity contribution in [2.45, 2.75) is 0 Å². The fourth-order valence-corrected chi connectivity index (χ4v) is 0. The quantitative estimate of drug-likeness (QED) is 0.459. The third kappa shape index (κ3) is 2010. The maximum absolute atomic E-state index is 7.25. The van der Waals surface area contributed by atoms with Crippen LogP contribution < -0.4 is 36.6 Å². The predicted octanol–water partition coefficient (Wildman–Crippen LogP) is -3.41. The Labute approximate surface area is 83.2 Å². The van der Waals surface area contributed by atoms with Crippen LogP contribution in [0.1, 0.15) is 0 Å². The molecule has 0 aliphatic carbocycles. The molecule has 0 atom stereocenters. The Morgan fingerprint density at radius 2 is 0.700 bits per heavy atom. The summed E-state index contributed by atoms with van der Waals surface area (Å²) in [5.41, 5.74) is 5.75. The molecular weight excluding hydrogens is 230 g/mol. The van der Waals surface area contributed by atoms with E-state index in [0.717, 1.165) is 0 Å². The maximum Gasteiger partial charge on any atom is 2.00 e. The molecule has 0 rings (SSSR count). The van der Waals surface area contributed by atoms with E-state index in [1.54, 1.807) is 0 Å². The van der Waals surface area contributed by atoms with Crippen molar-refractivity contribution in [3.8, 4) is 0 Å². The molecule has 0 aromatic carbocycles. The molecule has 0 saturated carbocycles. The third-order valence-corrected chi connectivity index (χ3v) is 0. The van der Waals surface area contributed by atoms with Crippen molar-refractivity contribution >= 4 is 0 Å². The van der Waals surface area contributed by atoms with Gasteiger partial charge in [0.2, 0.25) is 0 Å². The van der Waals surface area contributed by atoms with E-state index < -0.39 is 0 Å². The van der Waals surface area contributed by atoms with Crippen LogP contribution >= 0.6 is 0 Å². The number of nitrogens with two attached hydrogens (primary N) is 4. The fraction of sp³-hybridized carbons (Fsp3) is 0. The summed E-state index contributed by atoms with van der Waals surface area (Å²) >= 11 is 0. The first-order chi connectivity index (χ1) is 1.00. The van der Waals surface area contributed by atoms with Gasteiger partial charge in [0.15, 0.2) is 0 Å². The molecule has 10 heteroatoms. The minimum absolute atomic E-state index is 0. The van der Waals surface area contributed by atoms with Gasteiger partial charge in [0.1, 0.15) is 5.59 Å². The van der Waals surface area contributed by atoms with E-state index in [1.165, 1.54) is 0 Å². The van der Waals surface area contributed by atoms with Crippen LogP contribution in [0.3, 0.4) is 0 Å². The van der Waals surface area contributed by atoms with Gasteiger partial charge in [-0.3, -0.25) is 0 Å². The number of nitrogens with zero attached hydrogens (tertiary/aromatic N) is 1. The van der Waals surface area contributed by atoms with Gasteiger partial charge in [0.05, 0.1) is 0 Å². The van der Waals surface area contributed by atoms with E-state index in [-0.39, 0.29) is 72.3 Å². The van der Waals surface area contributed by atoms with Crippen LogP contribution in [-0.2, 0) is 16.8 Å². The van der Waals surface area contributed by atoms with Gasteiger partial charge in [-0.1, -0.05) is 0 Å². The van der Waals surface area contributed by atoms with Crippen LogP contribution in [0, 0.1) is 4.91 Å². The second-order valence-electron chi connectivity index (χ2n) is 0. The van der Waals surface area contributed by atoms with Crippen molar-refractivity contribution < 1.29 is 41.6 Å². The number of halogens is 2. The van der Waals surface area contributed by atoms with Crippen molar-refractivity contribution in [2.24, 2.45) is 0 Å². The van der Waals surface area contributed by atoms with E-state index in [9.17, 15) is 0 Å². The van der Waals surface area contributed by atoms with Crippen LogP contribution in [-0.4, -0.2) is 0 Å². The molecule has 0 aliphatic heterocycles. The zero-order chi connectivity index (χ0) is 2.00. The summed E-state index contributed by atoms with van der Waals surface area (Å²) in [7, 11) is 0. The summed E-state index contributed by atoms with van der Waals surface area (Å²) in [5, 5.41) is 0. The molecule has 10 heavy (non-hydrogen) atoms. The minimum Gasteiger partial charge on any atom is -1.00 e. The molecule has 0 aliphatic rings. The summed E-state index contributed by atoms with van der Waals surface area (Å²) in [6.07, 6.45) is 0. The second-order valence-corrected chi connectivity index (χ2v) is 0. The SMILES string of the molecule is N.[Cl-].[Cl-].[Co+2].[NH2-].[NH2-].[NH2-].[NH2-].[N]=O. The van der Waals surface area contributed by atoms with Gasteiger partial charge < -0.3 is 55.6 Å². The van der Waals surface area contributed by atoms with Gasteiger partial charge in [-0.15, -0.1) is 4.91 Å². The van der Waals surface area contributed by atoms with Crippen LogP contribution in [0.15, 0.2) is 0 Å². The summed E-state index contributed by atoms with van der Waals surface area (Å²) in [4.78, 5) is 7.25. The molecule has 0 bridgehead atoms. The Hall–Kier alpha value is 0.486. The maximum atomic E-state index is 7.25. The van der Waals surface area contributed by atoms with Gasteiger partial charge in [0.25, 0.3) is 0 Å². The average Bonchev–Trinajstić information content (AvgIpc) is 1.00. The molecular formula is H11Cl2CoN6O-4. The van der Waals surface area contributed by atoms with Gasteiger partial charge >= 0.3 is 16.8 Å². The van der Waals surface area contributed by atoms with Gasteiger partial charge in [-0.25, -0.2) is 0 Å². The van der Waals surface area contributed by atoms with Crippen LogP contribution in [0.5, 0.6) is 0 Å². The molecule has 11 N–H and O–H groups in total. The number of hydrogen-bond acceptors (Lipinski definition) is 2. The van der Waals surface area contributed by atoms with Crippen LogP contribution in [0.4, 0.5) is 0 Å². The Bertz CT molecular complexity index is 15.7. The van der Waals surface area contributed by atoms with Crippen LogP contribution in [0.2, 0.25) is 0 Å². The van der Waals surface area contributed by atoms with Crippen molar-refractivity contribution in [2.75, 3.05) is 0 Å². The topological polar surface area (TPSA) is 208 Å². The summed E-state index contributed by atoms with van der Waals surface area (Å²) in [6, 6.07) is 0. The molecule has 2 radical (unpaired) electrons. The van der Waals surface area contributed by atoms with Gasteiger partial charge in [-0.05, 0) is 0 Å². The zero-order valence-electron chi connectivity index (χ0n) is 4.96. The summed E-state index contributed by atoms with van der Waals surface area (Å²) in [6.45, 7) is 0. The first kappa shape index (κ1) is 427. The Morgan fingerprint density at radius 1 is 0.700 bits per heavy atom. The molecule has 0 unspecified atom stereocenters. The Balaban J connectivity index is -0.000000000179. The minimum atomic E-state index is 0. The average molecular weight is 241 g/mol. The number of hydrogen-bond donors (Lipinski definition) is 1. The van der Waals surface area contributed by atoms with Gasteiger partial charge in [0, 0.05) is 0 Å². The van der Waals surface area contributed by atoms with E-state index in [2.05, 4.69) is 0 Å². The zero-order valence-corrected chi connectivity index (χ0v) is 7.51. The Morgan fingerprint density at radius 3 is 0.700 bits per heavy atom. The molecule has 0 saturated heterocycles. The van der Waals surface area contributed by atoms with Crippen LogP contribution in [0.25, 0.3) is 24.6 Å². The second kappa shape index (κ2) is 2890. The molecule has 0 aromatic heterocycles. The van der Waals surface area contributed by atoms with E-state index >= 15 is 0 Å². The fourth-order valence-electron chi connectivity index (χ4n) is 0. The van der Waals surface area contributed by atoms with Crippen molar-refractivity contribution in [1.82, 2.24) is 11.7 Å². The summed E-state index contributed by atoms with van der Waals surface area (Å²) in [5.74, 6) is 0. The van der Waals surface area contributed by atoms with Crippen molar-refractivity contribution in [3.05, 3.63) is 29.5 Å². The molecule has 0 heterocycles. The third-order valence-electron chi connectivity index (χ3n) is 0. The molecule has 74 valence electrons. The number of rotatable bonds is 0. The molecule has 0 amide bonds. The standard InChI is InChI=1S/2ClH.Co.NO.H3N.4H2N/c;;;1-2;;;;;/h2*1H;;;1H3;4*1H2/q;;+2;;;4*-1/p-2. The number of nitroso groups, excluding NO2 is 1. The van der Waals surface area contributed by atoms with Crippen molar-refractivity contribution in [3.63, 3.8) is 0 Å². The monoisotopic (exact) mass is 240 g/mol. The largest absolute Gasteiger partial charge is 2.00 e. The smallest absolute Gasteiger partial charge is 1.00 e. The summed E-state index contributed by atoms with van der Waals surface area (Å²) < 4.78 is 0.